The van der Waals surface area contributed by atoms with Crippen LogP contribution in [0.2, 0.25) is 5.02 Å². The number of H-pyrrole nitrogens is 1. The number of nitrogens with one attached hydrogen (secondary N) is 1. The first-order valence-corrected chi connectivity index (χ1v) is 7.05. The summed E-state index contributed by atoms with van der Waals surface area (Å²) < 4.78 is 5.89. The van der Waals surface area contributed by atoms with E-state index in [-0.39, 0.29) is 6.04 Å². The minimum Gasteiger partial charge on any atom is -0.408 e. The second kappa shape index (κ2) is 5.09. The topological polar surface area (TPSA) is 72.0 Å². The van der Waals surface area contributed by atoms with Gasteiger partial charge in [0, 0.05) is 9.50 Å². The summed E-state index contributed by atoms with van der Waals surface area (Å²) >= 11 is 9.38. The van der Waals surface area contributed by atoms with Gasteiger partial charge in [-0.05, 0) is 35.4 Å². The molecular formula is C14H10BrClN2O2. The summed E-state index contributed by atoms with van der Waals surface area (Å²) in [5.74, 6) is -0.474. The smallest absolute Gasteiger partial charge is 0.408 e. The maximum Gasteiger partial charge on any atom is 0.417 e. The molecule has 3 aromatic rings. The zero-order valence-corrected chi connectivity index (χ0v) is 12.5. The van der Waals surface area contributed by atoms with Crippen molar-refractivity contribution in [2.75, 3.05) is 0 Å². The third kappa shape index (κ3) is 2.40. The quantitative estimate of drug-likeness (QED) is 0.739. The summed E-state index contributed by atoms with van der Waals surface area (Å²) in [6, 6.07) is 10.5. The van der Waals surface area contributed by atoms with E-state index in [2.05, 4.69) is 20.9 Å². The molecule has 0 radical (unpaired) electrons. The predicted octanol–water partition coefficient (Wildman–Crippen LogP) is 3.59. The number of rotatable bonds is 2. The molecule has 102 valence electrons. The van der Waals surface area contributed by atoms with Crippen molar-refractivity contribution in [3.05, 3.63) is 67.6 Å². The number of oxazole rings is 1. The van der Waals surface area contributed by atoms with Gasteiger partial charge in [0.1, 0.15) is 0 Å². The molecule has 1 unspecified atom stereocenters. The van der Waals surface area contributed by atoms with Crippen molar-refractivity contribution in [3.63, 3.8) is 0 Å². The van der Waals surface area contributed by atoms with Gasteiger partial charge in [0.05, 0.1) is 11.6 Å². The van der Waals surface area contributed by atoms with Crippen LogP contribution in [0.15, 0.2) is 50.1 Å². The molecule has 0 aliphatic carbocycles. The maximum absolute atomic E-state index is 11.2. The first-order chi connectivity index (χ1) is 9.54. The fourth-order valence-electron chi connectivity index (χ4n) is 2.09. The molecule has 2 aromatic carbocycles. The molecule has 20 heavy (non-hydrogen) atoms. The largest absolute Gasteiger partial charge is 0.417 e. The van der Waals surface area contributed by atoms with Gasteiger partial charge in [-0.3, -0.25) is 4.98 Å². The van der Waals surface area contributed by atoms with Crippen LogP contribution >= 0.6 is 27.5 Å². The van der Waals surface area contributed by atoms with Crippen LogP contribution in [0.1, 0.15) is 17.2 Å². The van der Waals surface area contributed by atoms with Crippen molar-refractivity contribution in [2.24, 2.45) is 5.73 Å². The fourth-order valence-corrected chi connectivity index (χ4v) is 3.02. The lowest BCUT2D eigenvalue weighted by Crippen LogP contribution is -2.12. The Bertz CT molecular complexity index is 841. The number of nitrogens with two attached hydrogens (primary N) is 1. The Morgan fingerprint density at radius 2 is 2.05 bits per heavy atom. The number of hydrogen-bond donors (Lipinski definition) is 2. The standard InChI is InChI=1S/C14H10BrClN2O2/c15-10-6-8(16)2-3-9(10)13(17)7-1-4-11-12(5-7)20-14(19)18-11/h1-6,13H,17H2,(H,18,19). The first kappa shape index (κ1) is 13.4. The molecule has 3 rings (SSSR count). The molecular weight excluding hydrogens is 344 g/mol. The fraction of sp³-hybridized carbons (Fsp3) is 0.0714. The molecule has 1 aromatic heterocycles. The van der Waals surface area contributed by atoms with E-state index in [1.165, 1.54) is 0 Å². The molecule has 0 saturated carbocycles. The van der Waals surface area contributed by atoms with Gasteiger partial charge in [-0.1, -0.05) is 39.7 Å². The van der Waals surface area contributed by atoms with E-state index in [1.807, 2.05) is 12.1 Å². The Hall–Kier alpha value is -1.56. The van der Waals surface area contributed by atoms with Crippen molar-refractivity contribution in [1.82, 2.24) is 4.98 Å². The van der Waals surface area contributed by atoms with E-state index < -0.39 is 5.76 Å². The van der Waals surface area contributed by atoms with Crippen LogP contribution in [0.5, 0.6) is 0 Å². The average Bonchev–Trinajstić information content (AvgIpc) is 2.77. The van der Waals surface area contributed by atoms with Gasteiger partial charge in [0.25, 0.3) is 0 Å². The van der Waals surface area contributed by atoms with Gasteiger partial charge in [0.2, 0.25) is 0 Å². The lowest BCUT2D eigenvalue weighted by molar-refractivity contribution is 0.555. The Labute approximate surface area is 127 Å². The number of hydrogen-bond acceptors (Lipinski definition) is 3. The van der Waals surface area contributed by atoms with E-state index >= 15 is 0 Å². The molecule has 3 N–H and O–H groups in total. The summed E-state index contributed by atoms with van der Waals surface area (Å²) in [7, 11) is 0. The molecule has 0 fully saturated rings. The van der Waals surface area contributed by atoms with Crippen LogP contribution in [-0.4, -0.2) is 4.98 Å². The molecule has 6 heteroatoms. The number of aromatic amines is 1. The van der Waals surface area contributed by atoms with E-state index in [9.17, 15) is 4.79 Å². The molecule has 0 aliphatic rings. The molecule has 4 nitrogen and oxygen atoms in total. The highest BCUT2D eigenvalue weighted by molar-refractivity contribution is 9.10. The van der Waals surface area contributed by atoms with Crippen molar-refractivity contribution >= 4 is 38.6 Å². The monoisotopic (exact) mass is 352 g/mol. The zero-order valence-electron chi connectivity index (χ0n) is 10.2. The van der Waals surface area contributed by atoms with Crippen molar-refractivity contribution in [2.45, 2.75) is 6.04 Å². The van der Waals surface area contributed by atoms with Crippen molar-refractivity contribution in [1.29, 1.82) is 0 Å². The Kier molecular flexibility index (Phi) is 3.41. The SMILES string of the molecule is NC(c1ccc2[nH]c(=O)oc2c1)c1ccc(Cl)cc1Br. The number of aromatic nitrogens is 1. The van der Waals surface area contributed by atoms with E-state index in [4.69, 9.17) is 21.8 Å². The van der Waals surface area contributed by atoms with Crippen LogP contribution < -0.4 is 11.5 Å². The zero-order chi connectivity index (χ0) is 14.3. The van der Waals surface area contributed by atoms with Crippen LogP contribution in [0, 0.1) is 0 Å². The van der Waals surface area contributed by atoms with Gasteiger partial charge in [-0.2, -0.15) is 0 Å². The summed E-state index contributed by atoms with van der Waals surface area (Å²) in [6.07, 6.45) is 0. The van der Waals surface area contributed by atoms with Crippen LogP contribution in [-0.2, 0) is 0 Å². The summed E-state index contributed by atoms with van der Waals surface area (Å²) in [6.45, 7) is 0. The van der Waals surface area contributed by atoms with Crippen molar-refractivity contribution < 1.29 is 4.42 Å². The highest BCUT2D eigenvalue weighted by atomic mass is 79.9. The van der Waals surface area contributed by atoms with Crippen molar-refractivity contribution in [3.8, 4) is 0 Å². The molecule has 0 amide bonds. The van der Waals surface area contributed by atoms with E-state index in [0.29, 0.717) is 16.1 Å². The average molecular weight is 354 g/mol. The second-order valence-corrected chi connectivity index (χ2v) is 5.70. The Balaban J connectivity index is 2.06. The van der Waals surface area contributed by atoms with Crippen LogP contribution in [0.4, 0.5) is 0 Å². The van der Waals surface area contributed by atoms with Gasteiger partial charge < -0.3 is 10.2 Å². The third-order valence-corrected chi connectivity index (χ3v) is 4.02. The molecule has 1 heterocycles. The molecule has 0 spiro atoms. The minimum atomic E-state index is -0.474. The number of halogens is 2. The van der Waals surface area contributed by atoms with Gasteiger partial charge in [-0.15, -0.1) is 0 Å². The Morgan fingerprint density at radius 3 is 2.80 bits per heavy atom. The highest BCUT2D eigenvalue weighted by Crippen LogP contribution is 2.30. The normalized spacial score (nSPS) is 12.8. The lowest BCUT2D eigenvalue weighted by Gasteiger charge is -2.14. The Morgan fingerprint density at radius 1 is 1.25 bits per heavy atom. The van der Waals surface area contributed by atoms with Gasteiger partial charge >= 0.3 is 5.76 Å². The van der Waals surface area contributed by atoms with Crippen LogP contribution in [0.25, 0.3) is 11.1 Å². The predicted molar refractivity (Wildman–Crippen MR) is 82.0 cm³/mol. The summed E-state index contributed by atoms with van der Waals surface area (Å²) in [4.78, 5) is 13.7. The molecule has 0 saturated heterocycles. The lowest BCUT2D eigenvalue weighted by atomic mass is 9.99. The van der Waals surface area contributed by atoms with Gasteiger partial charge in [0.15, 0.2) is 5.58 Å². The molecule has 0 aliphatic heterocycles. The number of fused-ring (bicyclic) bond motifs is 1. The van der Waals surface area contributed by atoms with Gasteiger partial charge in [-0.25, -0.2) is 4.79 Å². The van der Waals surface area contributed by atoms with E-state index in [1.54, 1.807) is 24.3 Å². The summed E-state index contributed by atoms with van der Waals surface area (Å²) in [5, 5.41) is 0.639. The molecule has 0 bridgehead atoms. The first-order valence-electron chi connectivity index (χ1n) is 5.88. The molecule has 1 atom stereocenters. The maximum atomic E-state index is 11.2. The van der Waals surface area contributed by atoms with Crippen LogP contribution in [0.3, 0.4) is 0 Å². The second-order valence-electron chi connectivity index (χ2n) is 4.41. The minimum absolute atomic E-state index is 0.341. The highest BCUT2D eigenvalue weighted by Gasteiger charge is 2.14. The summed E-state index contributed by atoms with van der Waals surface area (Å²) in [5.41, 5.74) is 9.17. The number of benzene rings is 2. The van der Waals surface area contributed by atoms with E-state index in [0.717, 1.165) is 15.6 Å². The third-order valence-electron chi connectivity index (χ3n) is 3.10.